The van der Waals surface area contributed by atoms with Crippen molar-refractivity contribution < 1.29 is 4.74 Å². The van der Waals surface area contributed by atoms with Crippen molar-refractivity contribution in [3.05, 3.63) is 75.8 Å². The van der Waals surface area contributed by atoms with Gasteiger partial charge in [0, 0.05) is 10.4 Å². The molecule has 3 rings (SSSR count). The van der Waals surface area contributed by atoms with Crippen LogP contribution in [0, 0.1) is 20.8 Å². The van der Waals surface area contributed by atoms with E-state index >= 15 is 0 Å². The van der Waals surface area contributed by atoms with Crippen LogP contribution in [-0.2, 0) is 6.61 Å². The molecule has 0 spiro atoms. The molecule has 0 aliphatic rings. The van der Waals surface area contributed by atoms with Crippen molar-refractivity contribution in [1.82, 2.24) is 4.98 Å². The smallest absolute Gasteiger partial charge is 0.203 e. The molecular formula is C20H21N3OS. The van der Waals surface area contributed by atoms with E-state index in [0.29, 0.717) is 6.61 Å². The van der Waals surface area contributed by atoms with Gasteiger partial charge in [-0.2, -0.15) is 5.10 Å². The summed E-state index contributed by atoms with van der Waals surface area (Å²) < 4.78 is 5.96. The van der Waals surface area contributed by atoms with E-state index in [-0.39, 0.29) is 0 Å². The molecule has 0 amide bonds. The predicted octanol–water partition coefficient (Wildman–Crippen LogP) is 5.09. The van der Waals surface area contributed by atoms with Crippen molar-refractivity contribution in [2.45, 2.75) is 27.4 Å². The molecule has 0 fully saturated rings. The summed E-state index contributed by atoms with van der Waals surface area (Å²) in [6.07, 6.45) is 1.76. The molecular weight excluding hydrogens is 330 g/mol. The number of thiazole rings is 1. The van der Waals surface area contributed by atoms with Gasteiger partial charge in [-0.15, -0.1) is 11.3 Å². The maximum absolute atomic E-state index is 5.96. The number of hydrogen-bond donors (Lipinski definition) is 1. The van der Waals surface area contributed by atoms with Crippen LogP contribution in [0.4, 0.5) is 5.13 Å². The Morgan fingerprint density at radius 2 is 1.84 bits per heavy atom. The van der Waals surface area contributed by atoms with E-state index in [1.54, 1.807) is 17.6 Å². The normalized spacial score (nSPS) is 11.0. The number of hydrazone groups is 1. The molecule has 0 aliphatic heterocycles. The SMILES string of the molecule is Cc1ccc(COc2ccccc2/C=N\Nc2nc(C)c(C)s2)cc1. The second-order valence-electron chi connectivity index (χ2n) is 5.84. The highest BCUT2D eigenvalue weighted by molar-refractivity contribution is 7.15. The fraction of sp³-hybridized carbons (Fsp3) is 0.200. The Hall–Kier alpha value is -2.66. The van der Waals surface area contributed by atoms with Crippen LogP contribution in [0.5, 0.6) is 5.75 Å². The first-order valence-corrected chi connectivity index (χ1v) is 8.94. The fourth-order valence-corrected chi connectivity index (χ4v) is 3.01. The van der Waals surface area contributed by atoms with E-state index in [1.165, 1.54) is 10.4 Å². The lowest BCUT2D eigenvalue weighted by molar-refractivity contribution is 0.306. The van der Waals surface area contributed by atoms with Gasteiger partial charge in [-0.05, 0) is 38.5 Å². The second-order valence-corrected chi connectivity index (χ2v) is 7.05. The Kier molecular flexibility index (Phi) is 5.46. The van der Waals surface area contributed by atoms with Crippen LogP contribution in [0.15, 0.2) is 53.6 Å². The molecule has 1 aromatic heterocycles. The number of rotatable bonds is 6. The van der Waals surface area contributed by atoms with Crippen LogP contribution < -0.4 is 10.2 Å². The first-order valence-electron chi connectivity index (χ1n) is 8.12. The summed E-state index contributed by atoms with van der Waals surface area (Å²) in [4.78, 5) is 5.60. The van der Waals surface area contributed by atoms with E-state index in [1.807, 2.05) is 31.2 Å². The Bertz CT molecular complexity index is 849. The van der Waals surface area contributed by atoms with Gasteiger partial charge in [0.2, 0.25) is 5.13 Å². The molecule has 4 nitrogen and oxygen atoms in total. The molecule has 0 aliphatic carbocycles. The summed E-state index contributed by atoms with van der Waals surface area (Å²) >= 11 is 1.60. The van der Waals surface area contributed by atoms with E-state index in [4.69, 9.17) is 4.74 Å². The highest BCUT2D eigenvalue weighted by atomic mass is 32.1. The van der Waals surface area contributed by atoms with Gasteiger partial charge < -0.3 is 4.74 Å². The molecule has 0 saturated heterocycles. The fourth-order valence-electron chi connectivity index (χ4n) is 2.24. The van der Waals surface area contributed by atoms with Crippen molar-refractivity contribution in [2.24, 2.45) is 5.10 Å². The summed E-state index contributed by atoms with van der Waals surface area (Å²) in [5.41, 5.74) is 7.33. The van der Waals surface area contributed by atoms with Gasteiger partial charge >= 0.3 is 0 Å². The summed E-state index contributed by atoms with van der Waals surface area (Å²) in [5.74, 6) is 0.806. The number of anilines is 1. The number of ether oxygens (including phenoxy) is 1. The Morgan fingerprint density at radius 1 is 1.08 bits per heavy atom. The Balaban J connectivity index is 1.65. The lowest BCUT2D eigenvalue weighted by Gasteiger charge is -2.09. The summed E-state index contributed by atoms with van der Waals surface area (Å²) in [5, 5.41) is 5.08. The lowest BCUT2D eigenvalue weighted by atomic mass is 10.1. The van der Waals surface area contributed by atoms with Crippen molar-refractivity contribution in [2.75, 3.05) is 5.43 Å². The van der Waals surface area contributed by atoms with Crippen LogP contribution in [0.3, 0.4) is 0 Å². The maximum atomic E-state index is 5.96. The molecule has 0 unspecified atom stereocenters. The minimum absolute atomic E-state index is 0.531. The summed E-state index contributed by atoms with van der Waals surface area (Å²) in [7, 11) is 0. The maximum Gasteiger partial charge on any atom is 0.203 e. The van der Waals surface area contributed by atoms with Gasteiger partial charge in [-0.1, -0.05) is 42.0 Å². The third kappa shape index (κ3) is 4.67. The first kappa shape index (κ1) is 17.2. The molecule has 128 valence electrons. The molecule has 0 bridgehead atoms. The molecule has 2 aromatic carbocycles. The van der Waals surface area contributed by atoms with Gasteiger partial charge in [0.15, 0.2) is 0 Å². The zero-order valence-corrected chi connectivity index (χ0v) is 15.4. The van der Waals surface area contributed by atoms with E-state index < -0.39 is 0 Å². The summed E-state index contributed by atoms with van der Waals surface area (Å²) in [6, 6.07) is 16.2. The van der Waals surface area contributed by atoms with Crippen LogP contribution in [-0.4, -0.2) is 11.2 Å². The number of para-hydroxylation sites is 1. The van der Waals surface area contributed by atoms with Gasteiger partial charge in [0.05, 0.1) is 11.9 Å². The first-order chi connectivity index (χ1) is 12.1. The van der Waals surface area contributed by atoms with E-state index in [2.05, 4.69) is 53.6 Å². The highest BCUT2D eigenvalue weighted by Gasteiger charge is 2.03. The Morgan fingerprint density at radius 3 is 2.56 bits per heavy atom. The van der Waals surface area contributed by atoms with Crippen molar-refractivity contribution >= 4 is 22.7 Å². The average Bonchev–Trinajstić information content (AvgIpc) is 2.93. The van der Waals surface area contributed by atoms with Crippen molar-refractivity contribution in [1.29, 1.82) is 0 Å². The molecule has 0 atom stereocenters. The van der Waals surface area contributed by atoms with Crippen LogP contribution in [0.2, 0.25) is 0 Å². The largest absolute Gasteiger partial charge is 0.488 e. The van der Waals surface area contributed by atoms with Crippen molar-refractivity contribution in [3.8, 4) is 5.75 Å². The van der Waals surface area contributed by atoms with Gasteiger partial charge in [-0.3, -0.25) is 5.43 Å². The quantitative estimate of drug-likeness (QED) is 0.497. The van der Waals surface area contributed by atoms with E-state index in [9.17, 15) is 0 Å². The lowest BCUT2D eigenvalue weighted by Crippen LogP contribution is -1.99. The number of aromatic nitrogens is 1. The summed E-state index contributed by atoms with van der Waals surface area (Å²) in [6.45, 7) is 6.66. The predicted molar refractivity (Wildman–Crippen MR) is 105 cm³/mol. The molecule has 1 N–H and O–H groups in total. The van der Waals surface area contributed by atoms with Gasteiger partial charge in [-0.25, -0.2) is 4.98 Å². The zero-order valence-electron chi connectivity index (χ0n) is 14.6. The minimum Gasteiger partial charge on any atom is -0.488 e. The standard InChI is InChI=1S/C20H21N3OS/c1-14-8-10-17(11-9-14)13-24-19-7-5-4-6-18(19)12-21-23-20-22-15(2)16(3)25-20/h4-12H,13H2,1-3H3,(H,22,23)/b21-12-. The number of nitrogens with zero attached hydrogens (tertiary/aromatic N) is 2. The zero-order chi connectivity index (χ0) is 17.6. The number of aryl methyl sites for hydroxylation is 3. The van der Waals surface area contributed by atoms with Crippen molar-refractivity contribution in [3.63, 3.8) is 0 Å². The Labute approximate surface area is 152 Å². The topological polar surface area (TPSA) is 46.5 Å². The van der Waals surface area contributed by atoms with Crippen LogP contribution >= 0.6 is 11.3 Å². The van der Waals surface area contributed by atoms with Gasteiger partial charge in [0.25, 0.3) is 0 Å². The van der Waals surface area contributed by atoms with E-state index in [0.717, 1.165) is 27.7 Å². The number of benzene rings is 2. The number of hydrogen-bond acceptors (Lipinski definition) is 5. The molecule has 1 heterocycles. The molecule has 5 heteroatoms. The van der Waals surface area contributed by atoms with Gasteiger partial charge in [0.1, 0.15) is 12.4 Å². The minimum atomic E-state index is 0.531. The third-order valence-corrected chi connectivity index (χ3v) is 4.80. The second kappa shape index (κ2) is 7.94. The van der Waals surface area contributed by atoms with Crippen LogP contribution in [0.1, 0.15) is 27.3 Å². The average molecular weight is 351 g/mol. The molecule has 0 saturated carbocycles. The number of nitrogens with one attached hydrogen (secondary N) is 1. The molecule has 3 aromatic rings. The highest BCUT2D eigenvalue weighted by Crippen LogP contribution is 2.21. The third-order valence-electron chi connectivity index (χ3n) is 3.83. The van der Waals surface area contributed by atoms with Crippen LogP contribution in [0.25, 0.3) is 0 Å². The molecule has 25 heavy (non-hydrogen) atoms. The monoisotopic (exact) mass is 351 g/mol. The molecule has 0 radical (unpaired) electrons.